The summed E-state index contributed by atoms with van der Waals surface area (Å²) >= 11 is 0. The fraction of sp³-hybridized carbons (Fsp3) is 0.963. The quantitative estimate of drug-likeness (QED) is 0.593. The molecule has 5 rings (SSSR count). The molecule has 4 nitrogen and oxygen atoms in total. The van der Waals surface area contributed by atoms with Crippen molar-refractivity contribution in [2.45, 2.75) is 110 Å². The van der Waals surface area contributed by atoms with Crippen molar-refractivity contribution in [2.75, 3.05) is 6.54 Å². The van der Waals surface area contributed by atoms with E-state index in [0.29, 0.717) is 18.0 Å². The number of hydrogen-bond donors (Lipinski definition) is 3. The number of nitrogens with zero attached hydrogens (tertiary/aromatic N) is 1. The maximum Gasteiger partial charge on any atom is 0.0686 e. The summed E-state index contributed by atoms with van der Waals surface area (Å²) in [6.07, 6.45) is 15.3. The number of nitriles is 1. The second kappa shape index (κ2) is 8.96. The number of fused-ring (bicyclic) bond motifs is 3. The van der Waals surface area contributed by atoms with Gasteiger partial charge < -0.3 is 5.32 Å². The molecule has 3 aliphatic carbocycles. The SMILES string of the molecule is CC1CCCCC1C1CCC2NCC3NNC(C4CCC(C(C)(C)C#N)CC4)C3C2C1. The van der Waals surface area contributed by atoms with E-state index in [1.54, 1.807) is 0 Å². The second-order valence-electron chi connectivity index (χ2n) is 12.6. The van der Waals surface area contributed by atoms with Gasteiger partial charge in [-0.2, -0.15) is 5.26 Å². The summed E-state index contributed by atoms with van der Waals surface area (Å²) in [5, 5.41) is 13.5. The van der Waals surface area contributed by atoms with Crippen molar-refractivity contribution in [1.29, 1.82) is 5.26 Å². The first-order valence-electron chi connectivity index (χ1n) is 13.6. The van der Waals surface area contributed by atoms with Crippen molar-refractivity contribution in [2.24, 2.45) is 46.8 Å². The van der Waals surface area contributed by atoms with Gasteiger partial charge in [0.15, 0.2) is 0 Å². The van der Waals surface area contributed by atoms with Crippen LogP contribution in [0.2, 0.25) is 0 Å². The van der Waals surface area contributed by atoms with Crippen molar-refractivity contribution in [3.05, 3.63) is 0 Å². The zero-order valence-electron chi connectivity index (χ0n) is 20.2. The maximum atomic E-state index is 9.58. The Morgan fingerprint density at radius 1 is 0.806 bits per heavy atom. The van der Waals surface area contributed by atoms with Gasteiger partial charge in [-0.05, 0) is 107 Å². The molecule has 0 aromatic rings. The molecule has 2 heterocycles. The Morgan fingerprint density at radius 3 is 2.29 bits per heavy atom. The predicted molar refractivity (Wildman–Crippen MR) is 126 cm³/mol. The minimum Gasteiger partial charge on any atom is -0.312 e. The van der Waals surface area contributed by atoms with Gasteiger partial charge in [0.25, 0.3) is 0 Å². The van der Waals surface area contributed by atoms with Gasteiger partial charge in [-0.15, -0.1) is 0 Å². The van der Waals surface area contributed by atoms with E-state index in [4.69, 9.17) is 0 Å². The normalized spacial score (nSPS) is 48.5. The summed E-state index contributed by atoms with van der Waals surface area (Å²) in [6, 6.07) is 4.56. The third-order valence-corrected chi connectivity index (χ3v) is 10.7. The van der Waals surface area contributed by atoms with Crippen LogP contribution in [-0.2, 0) is 0 Å². The molecular weight excluding hydrogens is 380 g/mol. The van der Waals surface area contributed by atoms with Crippen LogP contribution in [-0.4, -0.2) is 24.7 Å². The largest absolute Gasteiger partial charge is 0.312 e. The van der Waals surface area contributed by atoms with Crippen LogP contribution in [0.3, 0.4) is 0 Å². The highest BCUT2D eigenvalue weighted by molar-refractivity contribution is 5.08. The molecule has 5 fully saturated rings. The van der Waals surface area contributed by atoms with E-state index < -0.39 is 0 Å². The van der Waals surface area contributed by atoms with E-state index in [0.717, 1.165) is 48.1 Å². The lowest BCUT2D eigenvalue weighted by atomic mass is 9.59. The number of hydrogen-bond acceptors (Lipinski definition) is 4. The highest BCUT2D eigenvalue weighted by atomic mass is 15.4. The van der Waals surface area contributed by atoms with Gasteiger partial charge in [0.05, 0.1) is 11.5 Å². The summed E-state index contributed by atoms with van der Waals surface area (Å²) in [5.74, 6) is 5.88. The molecule has 0 radical (unpaired) electrons. The second-order valence-corrected chi connectivity index (χ2v) is 12.6. The average molecular weight is 427 g/mol. The first kappa shape index (κ1) is 22.2. The molecular formula is C27H46N4. The topological polar surface area (TPSA) is 59.9 Å². The third-order valence-electron chi connectivity index (χ3n) is 10.7. The monoisotopic (exact) mass is 426 g/mol. The van der Waals surface area contributed by atoms with Gasteiger partial charge in [0.1, 0.15) is 0 Å². The molecule has 2 saturated heterocycles. The van der Waals surface area contributed by atoms with E-state index in [9.17, 15) is 5.26 Å². The molecule has 3 saturated carbocycles. The summed E-state index contributed by atoms with van der Waals surface area (Å²) < 4.78 is 0. The van der Waals surface area contributed by atoms with Crippen molar-refractivity contribution < 1.29 is 0 Å². The van der Waals surface area contributed by atoms with Crippen LogP contribution in [0.25, 0.3) is 0 Å². The van der Waals surface area contributed by atoms with Gasteiger partial charge >= 0.3 is 0 Å². The molecule has 31 heavy (non-hydrogen) atoms. The molecule has 0 amide bonds. The minimum absolute atomic E-state index is 0.165. The fourth-order valence-electron chi connectivity index (χ4n) is 8.75. The molecule has 3 N–H and O–H groups in total. The van der Waals surface area contributed by atoms with E-state index in [-0.39, 0.29) is 5.41 Å². The Kier molecular flexibility index (Phi) is 6.41. The lowest BCUT2D eigenvalue weighted by molar-refractivity contribution is 0.0332. The maximum absolute atomic E-state index is 9.58. The number of piperidine rings is 1. The molecule has 8 unspecified atom stereocenters. The standard InChI is InChI=1S/C27H46N4/c1-17-6-4-5-7-21(17)19-10-13-23-22(14-19)25-24(15-29-23)30-31-26(25)18-8-11-20(12-9-18)27(2,3)16-28/h17-26,29-31H,4-15H2,1-3H3. The van der Waals surface area contributed by atoms with Crippen molar-refractivity contribution >= 4 is 0 Å². The third kappa shape index (κ3) is 4.20. The van der Waals surface area contributed by atoms with Crippen LogP contribution < -0.4 is 16.2 Å². The minimum atomic E-state index is -0.165. The van der Waals surface area contributed by atoms with Crippen LogP contribution in [0.15, 0.2) is 0 Å². The highest BCUT2D eigenvalue weighted by Crippen LogP contribution is 2.49. The Morgan fingerprint density at radius 2 is 1.55 bits per heavy atom. The number of nitrogens with one attached hydrogen (secondary N) is 3. The first-order valence-corrected chi connectivity index (χ1v) is 13.6. The Hall–Kier alpha value is -0.630. The Labute approximate surface area is 190 Å². The van der Waals surface area contributed by atoms with E-state index in [2.05, 4.69) is 43.0 Å². The summed E-state index contributed by atoms with van der Waals surface area (Å²) in [5.41, 5.74) is 7.38. The molecule has 0 aromatic carbocycles. The van der Waals surface area contributed by atoms with Crippen LogP contribution >= 0.6 is 0 Å². The van der Waals surface area contributed by atoms with E-state index in [1.165, 1.54) is 70.6 Å². The average Bonchev–Trinajstić information content (AvgIpc) is 3.24. The van der Waals surface area contributed by atoms with Gasteiger partial charge in [0, 0.05) is 24.7 Å². The summed E-state index contributed by atoms with van der Waals surface area (Å²) in [4.78, 5) is 0. The number of hydrazine groups is 1. The molecule has 4 heteroatoms. The molecule has 0 bridgehead atoms. The van der Waals surface area contributed by atoms with Crippen molar-refractivity contribution in [3.63, 3.8) is 0 Å². The Bertz CT molecular complexity index is 661. The smallest absolute Gasteiger partial charge is 0.0686 e. The highest BCUT2D eigenvalue weighted by Gasteiger charge is 2.52. The lowest BCUT2D eigenvalue weighted by Crippen LogP contribution is -2.58. The van der Waals surface area contributed by atoms with Crippen molar-refractivity contribution in [1.82, 2.24) is 16.2 Å². The van der Waals surface area contributed by atoms with Gasteiger partial charge in [-0.1, -0.05) is 26.2 Å². The van der Waals surface area contributed by atoms with Gasteiger partial charge in [-0.25, -0.2) is 0 Å². The Balaban J connectivity index is 1.27. The zero-order chi connectivity index (χ0) is 21.6. The molecule has 0 spiro atoms. The van der Waals surface area contributed by atoms with Crippen LogP contribution in [0.1, 0.15) is 91.4 Å². The van der Waals surface area contributed by atoms with Crippen LogP contribution in [0.4, 0.5) is 0 Å². The lowest BCUT2D eigenvalue weighted by Gasteiger charge is -2.50. The van der Waals surface area contributed by atoms with Gasteiger partial charge in [0.2, 0.25) is 0 Å². The molecule has 8 atom stereocenters. The molecule has 5 aliphatic rings. The predicted octanol–water partition coefficient (Wildman–Crippen LogP) is 5.02. The number of rotatable bonds is 3. The zero-order valence-corrected chi connectivity index (χ0v) is 20.2. The molecule has 0 aromatic heterocycles. The molecule has 174 valence electrons. The first-order chi connectivity index (χ1) is 15.0. The molecule has 2 aliphatic heterocycles. The summed E-state index contributed by atoms with van der Waals surface area (Å²) in [7, 11) is 0. The summed E-state index contributed by atoms with van der Waals surface area (Å²) in [6.45, 7) is 7.97. The van der Waals surface area contributed by atoms with Crippen LogP contribution in [0.5, 0.6) is 0 Å². The van der Waals surface area contributed by atoms with E-state index >= 15 is 0 Å². The van der Waals surface area contributed by atoms with Crippen molar-refractivity contribution in [3.8, 4) is 6.07 Å². The van der Waals surface area contributed by atoms with Crippen LogP contribution in [0, 0.1) is 58.2 Å². The van der Waals surface area contributed by atoms with E-state index in [1.807, 2.05) is 0 Å². The fourth-order valence-corrected chi connectivity index (χ4v) is 8.75. The van der Waals surface area contributed by atoms with Gasteiger partial charge in [-0.3, -0.25) is 10.9 Å².